The summed E-state index contributed by atoms with van der Waals surface area (Å²) in [5.41, 5.74) is 0.528. The van der Waals surface area contributed by atoms with E-state index in [1.54, 1.807) is 31.4 Å². The van der Waals surface area contributed by atoms with Gasteiger partial charge in [-0.1, -0.05) is 19.3 Å². The summed E-state index contributed by atoms with van der Waals surface area (Å²) in [5.74, 6) is 0.284. The van der Waals surface area contributed by atoms with Crippen molar-refractivity contribution in [2.24, 2.45) is 11.8 Å². The van der Waals surface area contributed by atoms with Gasteiger partial charge in [-0.25, -0.2) is 0 Å². The fraction of sp³-hybridized carbons (Fsp3) is 0.526. The molecule has 2 amide bonds. The summed E-state index contributed by atoms with van der Waals surface area (Å²) in [4.78, 5) is 24.7. The maximum absolute atomic E-state index is 12.4. The molecule has 1 unspecified atom stereocenters. The number of rotatable bonds is 7. The maximum Gasteiger partial charge on any atom is 0.251 e. The van der Waals surface area contributed by atoms with Crippen molar-refractivity contribution in [3.8, 4) is 11.8 Å². The fourth-order valence-electron chi connectivity index (χ4n) is 3.31. The number of hydrogen-bond acceptors (Lipinski definition) is 4. The smallest absolute Gasteiger partial charge is 0.251 e. The van der Waals surface area contributed by atoms with Gasteiger partial charge in [-0.15, -0.1) is 0 Å². The number of nitriles is 1. The summed E-state index contributed by atoms with van der Waals surface area (Å²) in [6, 6.07) is 8.77. The minimum Gasteiger partial charge on any atom is -0.497 e. The lowest BCUT2D eigenvalue weighted by Crippen LogP contribution is -2.43. The Bertz CT molecular complexity index is 616. The van der Waals surface area contributed by atoms with Crippen LogP contribution in [-0.2, 0) is 4.79 Å². The van der Waals surface area contributed by atoms with Crippen molar-refractivity contribution >= 4 is 11.8 Å². The number of carbonyl (C=O) groups excluding carboxylic acids is 2. The molecule has 1 saturated carbocycles. The maximum atomic E-state index is 12.4. The fourth-order valence-corrected chi connectivity index (χ4v) is 3.31. The zero-order chi connectivity index (χ0) is 18.1. The molecule has 0 saturated heterocycles. The van der Waals surface area contributed by atoms with Crippen LogP contribution in [0.25, 0.3) is 0 Å². The lowest BCUT2D eigenvalue weighted by atomic mass is 9.79. The number of nitrogens with zero attached hydrogens (tertiary/aromatic N) is 1. The molecule has 2 N–H and O–H groups in total. The highest BCUT2D eigenvalue weighted by atomic mass is 16.5. The number of nitrogens with one attached hydrogen (secondary N) is 2. The van der Waals surface area contributed by atoms with Gasteiger partial charge in [0.25, 0.3) is 5.91 Å². The van der Waals surface area contributed by atoms with Crippen LogP contribution in [0.1, 0.15) is 42.5 Å². The Labute approximate surface area is 148 Å². The Kier molecular flexibility index (Phi) is 7.27. The van der Waals surface area contributed by atoms with Crippen LogP contribution in [0.3, 0.4) is 0 Å². The van der Waals surface area contributed by atoms with E-state index in [1.165, 1.54) is 6.42 Å². The van der Waals surface area contributed by atoms with Crippen LogP contribution >= 0.6 is 0 Å². The molecule has 6 heteroatoms. The summed E-state index contributed by atoms with van der Waals surface area (Å²) < 4.78 is 5.08. The van der Waals surface area contributed by atoms with Crippen LogP contribution in [0.15, 0.2) is 24.3 Å². The third kappa shape index (κ3) is 5.49. The van der Waals surface area contributed by atoms with Crippen LogP contribution in [0.5, 0.6) is 5.75 Å². The molecular formula is C19H25N3O3. The lowest BCUT2D eigenvalue weighted by Gasteiger charge is -2.29. The standard InChI is InChI=1S/C19H25N3O3/c1-25-16-9-7-15(8-10-16)18(23)22-13-17(19(24)21-12-11-20)14-5-3-2-4-6-14/h7-10,14,17H,2-6,12-13H2,1H3,(H,21,24)(H,22,23). The molecule has 2 rings (SSSR count). The number of ether oxygens (including phenoxy) is 1. The number of methoxy groups -OCH3 is 1. The number of amides is 2. The molecule has 134 valence electrons. The van der Waals surface area contributed by atoms with E-state index in [9.17, 15) is 9.59 Å². The Hall–Kier alpha value is -2.55. The molecule has 6 nitrogen and oxygen atoms in total. The van der Waals surface area contributed by atoms with Crippen molar-refractivity contribution in [2.45, 2.75) is 32.1 Å². The highest BCUT2D eigenvalue weighted by Crippen LogP contribution is 2.30. The summed E-state index contributed by atoms with van der Waals surface area (Å²) in [6.07, 6.45) is 5.39. The molecule has 1 atom stereocenters. The van der Waals surface area contributed by atoms with E-state index in [1.807, 2.05) is 6.07 Å². The molecule has 1 fully saturated rings. The van der Waals surface area contributed by atoms with Gasteiger partial charge in [-0.2, -0.15) is 5.26 Å². The molecule has 0 heterocycles. The van der Waals surface area contributed by atoms with Crippen molar-refractivity contribution in [1.29, 1.82) is 5.26 Å². The summed E-state index contributed by atoms with van der Waals surface area (Å²) in [5, 5.41) is 14.2. The topological polar surface area (TPSA) is 91.2 Å². The SMILES string of the molecule is COc1ccc(C(=O)NCC(C(=O)NCC#N)C2CCCCC2)cc1. The van der Waals surface area contributed by atoms with Crippen LogP contribution in [0.4, 0.5) is 0 Å². The molecule has 25 heavy (non-hydrogen) atoms. The summed E-state index contributed by atoms with van der Waals surface area (Å²) in [6.45, 7) is 0.279. The van der Waals surface area contributed by atoms with Gasteiger partial charge in [-0.3, -0.25) is 9.59 Å². The zero-order valence-electron chi connectivity index (χ0n) is 14.6. The number of benzene rings is 1. The second-order valence-electron chi connectivity index (χ2n) is 6.32. The van der Waals surface area contributed by atoms with Gasteiger partial charge in [-0.05, 0) is 43.0 Å². The minimum atomic E-state index is -0.296. The first kappa shape index (κ1) is 18.8. The van der Waals surface area contributed by atoms with Crippen LogP contribution in [0, 0.1) is 23.2 Å². The molecule has 0 aromatic heterocycles. The first-order valence-corrected chi connectivity index (χ1v) is 8.72. The molecule has 1 aliphatic rings. The van der Waals surface area contributed by atoms with Gasteiger partial charge < -0.3 is 15.4 Å². The number of hydrogen-bond donors (Lipinski definition) is 2. The van der Waals surface area contributed by atoms with Gasteiger partial charge in [0.05, 0.1) is 19.1 Å². The Morgan fingerprint density at radius 2 is 1.88 bits per heavy atom. The van der Waals surface area contributed by atoms with E-state index in [0.717, 1.165) is 25.7 Å². The van der Waals surface area contributed by atoms with Crippen molar-refractivity contribution < 1.29 is 14.3 Å². The van der Waals surface area contributed by atoms with Crippen LogP contribution in [-0.4, -0.2) is 32.0 Å². The van der Waals surface area contributed by atoms with Gasteiger partial charge in [0, 0.05) is 12.1 Å². The van der Waals surface area contributed by atoms with E-state index >= 15 is 0 Å². The molecule has 0 spiro atoms. The Balaban J connectivity index is 1.98. The second kappa shape index (κ2) is 9.67. The quantitative estimate of drug-likeness (QED) is 0.743. The second-order valence-corrected chi connectivity index (χ2v) is 6.32. The molecule has 1 aliphatic carbocycles. The monoisotopic (exact) mass is 343 g/mol. The van der Waals surface area contributed by atoms with Gasteiger partial charge in [0.2, 0.25) is 5.91 Å². The van der Waals surface area contributed by atoms with Crippen molar-refractivity contribution in [1.82, 2.24) is 10.6 Å². The first-order chi connectivity index (χ1) is 12.2. The van der Waals surface area contributed by atoms with Crippen LogP contribution in [0.2, 0.25) is 0 Å². The van der Waals surface area contributed by atoms with E-state index in [2.05, 4.69) is 10.6 Å². The first-order valence-electron chi connectivity index (χ1n) is 8.72. The average Bonchev–Trinajstić information content (AvgIpc) is 2.67. The van der Waals surface area contributed by atoms with E-state index in [-0.39, 0.29) is 36.7 Å². The normalized spacial score (nSPS) is 15.7. The van der Waals surface area contributed by atoms with E-state index < -0.39 is 0 Å². The van der Waals surface area contributed by atoms with E-state index in [4.69, 9.17) is 10.00 Å². The molecule has 1 aromatic carbocycles. The molecule has 0 radical (unpaired) electrons. The number of carbonyl (C=O) groups is 2. The molecule has 1 aromatic rings. The Morgan fingerprint density at radius 1 is 1.20 bits per heavy atom. The molecule has 0 bridgehead atoms. The van der Waals surface area contributed by atoms with E-state index in [0.29, 0.717) is 11.3 Å². The summed E-state index contributed by atoms with van der Waals surface area (Å²) in [7, 11) is 1.57. The van der Waals surface area contributed by atoms with Crippen LogP contribution < -0.4 is 15.4 Å². The highest BCUT2D eigenvalue weighted by Gasteiger charge is 2.29. The highest BCUT2D eigenvalue weighted by molar-refractivity contribution is 5.94. The third-order valence-electron chi connectivity index (χ3n) is 4.73. The van der Waals surface area contributed by atoms with Crippen molar-refractivity contribution in [3.63, 3.8) is 0 Å². The zero-order valence-corrected chi connectivity index (χ0v) is 14.6. The summed E-state index contributed by atoms with van der Waals surface area (Å²) >= 11 is 0. The van der Waals surface area contributed by atoms with Crippen molar-refractivity contribution in [2.75, 3.05) is 20.2 Å². The predicted octanol–water partition coefficient (Wildman–Crippen LogP) is 2.26. The predicted molar refractivity (Wildman–Crippen MR) is 94.0 cm³/mol. The Morgan fingerprint density at radius 3 is 2.48 bits per heavy atom. The lowest BCUT2D eigenvalue weighted by molar-refractivity contribution is -0.126. The minimum absolute atomic E-state index is 0.00548. The molecular weight excluding hydrogens is 318 g/mol. The largest absolute Gasteiger partial charge is 0.497 e. The molecule has 0 aliphatic heterocycles. The van der Waals surface area contributed by atoms with Gasteiger partial charge in [0.15, 0.2) is 0 Å². The average molecular weight is 343 g/mol. The van der Waals surface area contributed by atoms with Crippen molar-refractivity contribution in [3.05, 3.63) is 29.8 Å². The van der Waals surface area contributed by atoms with Gasteiger partial charge >= 0.3 is 0 Å². The van der Waals surface area contributed by atoms with Gasteiger partial charge in [0.1, 0.15) is 12.3 Å². The third-order valence-corrected chi connectivity index (χ3v) is 4.73.